The molecule has 0 saturated carbocycles. The summed E-state index contributed by atoms with van der Waals surface area (Å²) < 4.78 is 0. The summed E-state index contributed by atoms with van der Waals surface area (Å²) in [4.78, 5) is 16.9. The molecule has 20 heavy (non-hydrogen) atoms. The van der Waals surface area contributed by atoms with Crippen molar-refractivity contribution in [3.8, 4) is 0 Å². The maximum atomic E-state index is 12.4. The second kappa shape index (κ2) is 6.23. The van der Waals surface area contributed by atoms with E-state index in [9.17, 15) is 4.79 Å². The quantitative estimate of drug-likeness (QED) is 0.873. The highest BCUT2D eigenvalue weighted by Gasteiger charge is 2.15. The molecule has 4 heteroatoms. The van der Waals surface area contributed by atoms with Gasteiger partial charge in [0.2, 0.25) is 0 Å². The van der Waals surface area contributed by atoms with Crippen molar-refractivity contribution in [2.45, 2.75) is 38.6 Å². The maximum absolute atomic E-state index is 12.4. The first-order chi connectivity index (χ1) is 9.47. The molecule has 106 valence electrons. The zero-order valence-corrected chi connectivity index (χ0v) is 12.7. The Morgan fingerprint density at radius 1 is 1.35 bits per heavy atom. The molecule has 2 atom stereocenters. The monoisotopic (exact) mass is 290 g/mol. The normalized spacial score (nSPS) is 14.0. The summed E-state index contributed by atoms with van der Waals surface area (Å²) in [6.45, 7) is 5.79. The molecule has 2 rings (SSSR count). The number of benzene rings is 1. The standard InChI is InChI=1S/C16H19ClN2O/c1-10(17)8-11(2)19-16(20)14-9-12(3)18-15-7-5-4-6-13(14)15/h4-7,9-11H,8H2,1-3H3,(H,19,20). The molecule has 1 amide bonds. The van der Waals surface area contributed by atoms with E-state index >= 15 is 0 Å². The van der Waals surface area contributed by atoms with E-state index in [2.05, 4.69) is 10.3 Å². The summed E-state index contributed by atoms with van der Waals surface area (Å²) in [6, 6.07) is 9.56. The summed E-state index contributed by atoms with van der Waals surface area (Å²) in [5.41, 5.74) is 2.35. The van der Waals surface area contributed by atoms with Gasteiger partial charge in [-0.1, -0.05) is 18.2 Å². The van der Waals surface area contributed by atoms with Crippen LogP contribution in [0.1, 0.15) is 36.3 Å². The van der Waals surface area contributed by atoms with E-state index in [1.165, 1.54) is 0 Å². The van der Waals surface area contributed by atoms with E-state index in [4.69, 9.17) is 11.6 Å². The molecule has 0 aliphatic rings. The van der Waals surface area contributed by atoms with E-state index < -0.39 is 0 Å². The lowest BCUT2D eigenvalue weighted by Gasteiger charge is -2.16. The van der Waals surface area contributed by atoms with Crippen molar-refractivity contribution in [2.24, 2.45) is 0 Å². The Morgan fingerprint density at radius 2 is 2.05 bits per heavy atom. The van der Waals surface area contributed by atoms with Gasteiger partial charge in [0.15, 0.2) is 0 Å². The molecule has 0 fully saturated rings. The largest absolute Gasteiger partial charge is 0.350 e. The van der Waals surface area contributed by atoms with Gasteiger partial charge in [0.25, 0.3) is 5.91 Å². The molecule has 1 N–H and O–H groups in total. The number of pyridine rings is 1. The second-order valence-corrected chi connectivity index (χ2v) is 5.96. The molecule has 1 aromatic carbocycles. The molecule has 1 aromatic heterocycles. The number of hydrogen-bond acceptors (Lipinski definition) is 2. The summed E-state index contributed by atoms with van der Waals surface area (Å²) in [5, 5.41) is 3.92. The number of nitrogens with zero attached hydrogens (tertiary/aromatic N) is 1. The SMILES string of the molecule is Cc1cc(C(=O)NC(C)CC(C)Cl)c2ccccc2n1. The van der Waals surface area contributed by atoms with Gasteiger partial charge in [0.1, 0.15) is 0 Å². The van der Waals surface area contributed by atoms with Crippen LogP contribution in [-0.2, 0) is 0 Å². The molecule has 0 bridgehead atoms. The van der Waals surface area contributed by atoms with Crippen LogP contribution in [0.25, 0.3) is 10.9 Å². The Bertz CT molecular complexity index is 625. The lowest BCUT2D eigenvalue weighted by molar-refractivity contribution is 0.0940. The Hall–Kier alpha value is -1.61. The fraction of sp³-hybridized carbons (Fsp3) is 0.375. The third-order valence-corrected chi connectivity index (χ3v) is 3.32. The number of rotatable bonds is 4. The van der Waals surface area contributed by atoms with Crippen molar-refractivity contribution in [3.05, 3.63) is 41.6 Å². The highest BCUT2D eigenvalue weighted by Crippen LogP contribution is 2.18. The first kappa shape index (κ1) is 14.8. The number of carbonyl (C=O) groups excluding carboxylic acids is 1. The van der Waals surface area contributed by atoms with Gasteiger partial charge in [-0.15, -0.1) is 11.6 Å². The zero-order valence-electron chi connectivity index (χ0n) is 12.0. The van der Waals surface area contributed by atoms with Crippen molar-refractivity contribution in [2.75, 3.05) is 0 Å². The Balaban J connectivity index is 2.30. The number of para-hydroxylation sites is 1. The Kier molecular flexibility index (Phi) is 4.61. The van der Waals surface area contributed by atoms with E-state index in [-0.39, 0.29) is 17.3 Å². The van der Waals surface area contributed by atoms with E-state index in [0.29, 0.717) is 5.56 Å². The molecule has 3 nitrogen and oxygen atoms in total. The highest BCUT2D eigenvalue weighted by molar-refractivity contribution is 6.20. The summed E-state index contributed by atoms with van der Waals surface area (Å²) >= 11 is 5.96. The van der Waals surface area contributed by atoms with Crippen LogP contribution in [0.5, 0.6) is 0 Å². The van der Waals surface area contributed by atoms with Crippen LogP contribution in [0.4, 0.5) is 0 Å². The number of carbonyl (C=O) groups is 1. The van der Waals surface area contributed by atoms with Gasteiger partial charge in [0, 0.05) is 22.5 Å². The van der Waals surface area contributed by atoms with Gasteiger partial charge in [0.05, 0.1) is 11.1 Å². The van der Waals surface area contributed by atoms with E-state index in [0.717, 1.165) is 23.0 Å². The molecule has 0 aliphatic heterocycles. The van der Waals surface area contributed by atoms with Crippen molar-refractivity contribution in [3.63, 3.8) is 0 Å². The zero-order chi connectivity index (χ0) is 14.7. The lowest BCUT2D eigenvalue weighted by Crippen LogP contribution is -2.34. The minimum Gasteiger partial charge on any atom is -0.350 e. The molecule has 2 unspecified atom stereocenters. The van der Waals surface area contributed by atoms with Crippen LogP contribution in [0, 0.1) is 6.92 Å². The number of amides is 1. The molecular weight excluding hydrogens is 272 g/mol. The van der Waals surface area contributed by atoms with Crippen molar-refractivity contribution < 1.29 is 4.79 Å². The summed E-state index contributed by atoms with van der Waals surface area (Å²) in [6.07, 6.45) is 0.745. The number of aryl methyl sites for hydroxylation is 1. The average Bonchev–Trinajstić information content (AvgIpc) is 2.36. The predicted molar refractivity (Wildman–Crippen MR) is 83.3 cm³/mol. The van der Waals surface area contributed by atoms with Gasteiger partial charge in [-0.2, -0.15) is 0 Å². The number of aromatic nitrogens is 1. The lowest BCUT2D eigenvalue weighted by atomic mass is 10.1. The van der Waals surface area contributed by atoms with Crippen LogP contribution >= 0.6 is 11.6 Å². The van der Waals surface area contributed by atoms with Crippen molar-refractivity contribution >= 4 is 28.4 Å². The first-order valence-corrected chi connectivity index (χ1v) is 7.22. The van der Waals surface area contributed by atoms with Crippen molar-refractivity contribution in [1.82, 2.24) is 10.3 Å². The van der Waals surface area contributed by atoms with Crippen molar-refractivity contribution in [1.29, 1.82) is 0 Å². The minimum absolute atomic E-state index is 0.0428. The van der Waals surface area contributed by atoms with Gasteiger partial charge in [-0.3, -0.25) is 9.78 Å². The third-order valence-electron chi connectivity index (χ3n) is 3.14. The third kappa shape index (κ3) is 3.48. The number of halogens is 1. The number of hydrogen-bond donors (Lipinski definition) is 1. The summed E-state index contributed by atoms with van der Waals surface area (Å²) in [5.74, 6) is -0.0727. The maximum Gasteiger partial charge on any atom is 0.252 e. The average molecular weight is 291 g/mol. The molecule has 1 heterocycles. The van der Waals surface area contributed by atoms with Gasteiger partial charge < -0.3 is 5.32 Å². The Labute approximate surface area is 124 Å². The molecule has 0 radical (unpaired) electrons. The summed E-state index contributed by atoms with van der Waals surface area (Å²) in [7, 11) is 0. The number of nitrogens with one attached hydrogen (secondary N) is 1. The fourth-order valence-electron chi connectivity index (χ4n) is 2.34. The molecule has 0 saturated heterocycles. The van der Waals surface area contributed by atoms with Crippen LogP contribution in [0.2, 0.25) is 0 Å². The smallest absolute Gasteiger partial charge is 0.252 e. The topological polar surface area (TPSA) is 42.0 Å². The van der Waals surface area contributed by atoms with Gasteiger partial charge >= 0.3 is 0 Å². The second-order valence-electron chi connectivity index (χ2n) is 5.22. The van der Waals surface area contributed by atoms with Gasteiger partial charge in [-0.05, 0) is 39.3 Å². The fourth-order valence-corrected chi connectivity index (χ4v) is 2.61. The number of alkyl halides is 1. The highest BCUT2D eigenvalue weighted by atomic mass is 35.5. The van der Waals surface area contributed by atoms with E-state index in [1.54, 1.807) is 0 Å². The van der Waals surface area contributed by atoms with Crippen LogP contribution in [0.3, 0.4) is 0 Å². The predicted octanol–water partition coefficient (Wildman–Crippen LogP) is 3.68. The van der Waals surface area contributed by atoms with E-state index in [1.807, 2.05) is 51.1 Å². The van der Waals surface area contributed by atoms with Crippen LogP contribution in [-0.4, -0.2) is 22.3 Å². The van der Waals surface area contributed by atoms with Crippen LogP contribution < -0.4 is 5.32 Å². The number of fused-ring (bicyclic) bond motifs is 1. The Morgan fingerprint density at radius 3 is 2.75 bits per heavy atom. The molecular formula is C16H19ClN2O. The first-order valence-electron chi connectivity index (χ1n) is 6.78. The van der Waals surface area contributed by atoms with Crippen LogP contribution in [0.15, 0.2) is 30.3 Å². The minimum atomic E-state index is -0.0727. The molecule has 0 spiro atoms. The molecule has 2 aromatic rings. The van der Waals surface area contributed by atoms with Gasteiger partial charge in [-0.25, -0.2) is 0 Å². The molecule has 0 aliphatic carbocycles.